The van der Waals surface area contributed by atoms with Crippen LogP contribution in [0.4, 0.5) is 5.69 Å². The highest BCUT2D eigenvalue weighted by Gasteiger charge is 2.29. The molecular weight excluding hydrogens is 490 g/mol. The Morgan fingerprint density at radius 2 is 1.83 bits per heavy atom. The molecule has 0 radical (unpaired) electrons. The summed E-state index contributed by atoms with van der Waals surface area (Å²) in [5.41, 5.74) is 4.45. The van der Waals surface area contributed by atoms with Gasteiger partial charge in [0.05, 0.1) is 21.8 Å². The molecule has 36 heavy (non-hydrogen) atoms. The molecule has 0 aliphatic carbocycles. The fraction of sp³-hybridized carbons (Fsp3) is 0.276. The molecule has 1 aliphatic heterocycles. The zero-order valence-corrected chi connectivity index (χ0v) is 22.1. The molecule has 0 bridgehead atoms. The van der Waals surface area contributed by atoms with Crippen LogP contribution in [0.3, 0.4) is 0 Å². The maximum atomic E-state index is 13.7. The van der Waals surface area contributed by atoms with E-state index in [0.29, 0.717) is 33.5 Å². The smallest absolute Gasteiger partial charge is 0.266 e. The number of hydrogen-bond donors (Lipinski definition) is 0. The summed E-state index contributed by atoms with van der Waals surface area (Å²) in [6.07, 6.45) is 1.89. The zero-order valence-electron chi connectivity index (χ0n) is 20.6. The first-order chi connectivity index (χ1) is 17.4. The molecule has 0 fully saturated rings. The lowest BCUT2D eigenvalue weighted by atomic mass is 9.98. The maximum absolute atomic E-state index is 13.7. The average Bonchev–Trinajstić information content (AvgIpc) is 3.33. The minimum absolute atomic E-state index is 0.00840. The molecule has 0 saturated carbocycles. The number of rotatable bonds is 6. The highest BCUT2D eigenvalue weighted by molar-refractivity contribution is 8.00. The Hall–Kier alpha value is -3.09. The molecule has 5 rings (SSSR count). The van der Waals surface area contributed by atoms with Crippen molar-refractivity contribution in [3.8, 4) is 5.69 Å². The summed E-state index contributed by atoms with van der Waals surface area (Å²) in [4.78, 5) is 33.8. The van der Waals surface area contributed by atoms with Crippen LogP contribution in [0.1, 0.15) is 44.2 Å². The minimum atomic E-state index is -0.432. The third-order valence-corrected chi connectivity index (χ3v) is 8.19. The van der Waals surface area contributed by atoms with E-state index in [0.717, 1.165) is 24.2 Å². The number of carbonyl (C=O) groups excluding carboxylic acids is 1. The second-order valence-corrected chi connectivity index (χ2v) is 11.0. The fourth-order valence-electron chi connectivity index (χ4n) is 4.63. The van der Waals surface area contributed by atoms with E-state index in [2.05, 4.69) is 32.0 Å². The Labute approximate surface area is 220 Å². The van der Waals surface area contributed by atoms with Gasteiger partial charge in [0.1, 0.15) is 0 Å². The van der Waals surface area contributed by atoms with Crippen molar-refractivity contribution in [3.05, 3.63) is 93.2 Å². The van der Waals surface area contributed by atoms with E-state index in [1.54, 1.807) is 22.8 Å². The molecule has 2 atom stereocenters. The van der Waals surface area contributed by atoms with Gasteiger partial charge in [0, 0.05) is 17.3 Å². The number of aromatic nitrogens is 2. The minimum Gasteiger partial charge on any atom is -0.311 e. The van der Waals surface area contributed by atoms with Crippen LogP contribution in [-0.2, 0) is 11.2 Å². The Kier molecular flexibility index (Phi) is 6.91. The first kappa shape index (κ1) is 24.6. The van der Waals surface area contributed by atoms with Gasteiger partial charge in [-0.2, -0.15) is 0 Å². The normalized spacial score (nSPS) is 14.6. The number of nitrogens with zero attached hydrogens (tertiary/aromatic N) is 3. The van der Waals surface area contributed by atoms with Crippen LogP contribution < -0.4 is 10.5 Å². The number of benzene rings is 3. The molecular formula is C29H28ClN3O2S. The first-order valence-corrected chi connectivity index (χ1v) is 13.5. The first-order valence-electron chi connectivity index (χ1n) is 12.3. The molecule has 0 N–H and O–H groups in total. The molecule has 1 amide bonds. The van der Waals surface area contributed by atoms with E-state index in [9.17, 15) is 9.59 Å². The van der Waals surface area contributed by atoms with Crippen molar-refractivity contribution in [3.63, 3.8) is 0 Å². The third-order valence-electron chi connectivity index (χ3n) is 6.92. The molecule has 2 heterocycles. The van der Waals surface area contributed by atoms with Crippen molar-refractivity contribution in [2.24, 2.45) is 0 Å². The Balaban J connectivity index is 1.55. The van der Waals surface area contributed by atoms with Crippen LogP contribution in [0.2, 0.25) is 5.02 Å². The number of halogens is 1. The van der Waals surface area contributed by atoms with Crippen molar-refractivity contribution in [2.75, 3.05) is 11.4 Å². The summed E-state index contributed by atoms with van der Waals surface area (Å²) in [6, 6.07) is 21.2. The maximum Gasteiger partial charge on any atom is 0.266 e. The summed E-state index contributed by atoms with van der Waals surface area (Å²) >= 11 is 7.52. The number of hydrogen-bond acceptors (Lipinski definition) is 4. The zero-order chi connectivity index (χ0) is 25.4. The molecule has 0 unspecified atom stereocenters. The molecule has 0 saturated heterocycles. The van der Waals surface area contributed by atoms with Gasteiger partial charge in [-0.25, -0.2) is 4.98 Å². The standard InChI is InChI=1S/C29H28ClN3O2S/c1-4-18(2)20-9-12-23(13-10-20)33-28(35)24-17-22(30)11-14-25(24)31-29(33)36-19(3)27(34)32-16-15-21-7-5-6-8-26(21)32/h5-14,17-19H,4,15-16H2,1-3H3/t18-,19-/m1/s1. The summed E-state index contributed by atoms with van der Waals surface area (Å²) in [5, 5.41) is 0.986. The quantitative estimate of drug-likeness (QED) is 0.213. The lowest BCUT2D eigenvalue weighted by Gasteiger charge is -2.22. The van der Waals surface area contributed by atoms with Crippen molar-refractivity contribution in [1.29, 1.82) is 0 Å². The van der Waals surface area contributed by atoms with Gasteiger partial charge in [0.2, 0.25) is 5.91 Å². The highest BCUT2D eigenvalue weighted by Crippen LogP contribution is 2.32. The van der Waals surface area contributed by atoms with Gasteiger partial charge in [0.15, 0.2) is 5.16 Å². The second-order valence-electron chi connectivity index (χ2n) is 9.23. The lowest BCUT2D eigenvalue weighted by molar-refractivity contribution is -0.117. The highest BCUT2D eigenvalue weighted by atomic mass is 35.5. The number of thioether (sulfide) groups is 1. The van der Waals surface area contributed by atoms with Gasteiger partial charge in [-0.05, 0) is 73.2 Å². The van der Waals surface area contributed by atoms with Crippen LogP contribution >= 0.6 is 23.4 Å². The van der Waals surface area contributed by atoms with Gasteiger partial charge in [-0.3, -0.25) is 14.2 Å². The number of carbonyl (C=O) groups is 1. The molecule has 5 nitrogen and oxygen atoms in total. The van der Waals surface area contributed by atoms with Gasteiger partial charge in [-0.15, -0.1) is 0 Å². The fourth-order valence-corrected chi connectivity index (χ4v) is 5.79. The SMILES string of the molecule is CC[C@@H](C)c1ccc(-n2c(S[C@H](C)C(=O)N3CCc4ccccc43)nc3ccc(Cl)cc3c2=O)cc1. The summed E-state index contributed by atoms with van der Waals surface area (Å²) in [5.74, 6) is 0.438. The van der Waals surface area contributed by atoms with Crippen LogP contribution in [0.25, 0.3) is 16.6 Å². The summed E-state index contributed by atoms with van der Waals surface area (Å²) < 4.78 is 1.60. The van der Waals surface area contributed by atoms with Crippen molar-refractivity contribution < 1.29 is 4.79 Å². The van der Waals surface area contributed by atoms with Crippen LogP contribution in [0, 0.1) is 0 Å². The van der Waals surface area contributed by atoms with Crippen molar-refractivity contribution in [1.82, 2.24) is 9.55 Å². The Morgan fingerprint density at radius 3 is 2.58 bits per heavy atom. The summed E-state index contributed by atoms with van der Waals surface area (Å²) in [7, 11) is 0. The second kappa shape index (κ2) is 10.1. The molecule has 4 aromatic rings. The predicted octanol–water partition coefficient (Wildman–Crippen LogP) is 6.62. The van der Waals surface area contributed by atoms with Crippen LogP contribution in [-0.4, -0.2) is 27.3 Å². The van der Waals surface area contributed by atoms with Crippen molar-refractivity contribution in [2.45, 2.75) is 49.9 Å². The summed E-state index contributed by atoms with van der Waals surface area (Å²) in [6.45, 7) is 6.89. The van der Waals surface area contributed by atoms with E-state index in [1.807, 2.05) is 42.2 Å². The van der Waals surface area contributed by atoms with Gasteiger partial charge >= 0.3 is 0 Å². The number of anilines is 1. The van der Waals surface area contributed by atoms with Gasteiger partial charge in [-0.1, -0.05) is 67.5 Å². The number of para-hydroxylation sites is 1. The topological polar surface area (TPSA) is 55.2 Å². The van der Waals surface area contributed by atoms with E-state index in [1.165, 1.54) is 22.9 Å². The number of amides is 1. The average molecular weight is 518 g/mol. The molecule has 1 aliphatic rings. The van der Waals surface area contributed by atoms with Crippen LogP contribution in [0.5, 0.6) is 0 Å². The van der Waals surface area contributed by atoms with E-state index in [-0.39, 0.29) is 11.5 Å². The van der Waals surface area contributed by atoms with Gasteiger partial charge < -0.3 is 4.90 Å². The van der Waals surface area contributed by atoms with Gasteiger partial charge in [0.25, 0.3) is 5.56 Å². The molecule has 3 aromatic carbocycles. The molecule has 184 valence electrons. The largest absolute Gasteiger partial charge is 0.311 e. The number of fused-ring (bicyclic) bond motifs is 2. The molecule has 0 spiro atoms. The van der Waals surface area contributed by atoms with E-state index >= 15 is 0 Å². The van der Waals surface area contributed by atoms with Crippen molar-refractivity contribution >= 4 is 45.9 Å². The Bertz CT molecular complexity index is 1500. The molecule has 7 heteroatoms. The Morgan fingerprint density at radius 1 is 1.08 bits per heavy atom. The van der Waals surface area contributed by atoms with Crippen LogP contribution in [0.15, 0.2) is 76.7 Å². The van der Waals surface area contributed by atoms with E-state index < -0.39 is 5.25 Å². The van der Waals surface area contributed by atoms with E-state index in [4.69, 9.17) is 16.6 Å². The third kappa shape index (κ3) is 4.56. The monoisotopic (exact) mass is 517 g/mol. The molecule has 1 aromatic heterocycles. The predicted molar refractivity (Wildman–Crippen MR) is 149 cm³/mol. The lowest BCUT2D eigenvalue weighted by Crippen LogP contribution is -2.35.